The lowest BCUT2D eigenvalue weighted by atomic mass is 9.98. The van der Waals surface area contributed by atoms with Gasteiger partial charge in [-0.1, -0.05) is 31.2 Å². The molecule has 2 aromatic rings. The Morgan fingerprint density at radius 3 is 2.67 bits per heavy atom. The van der Waals surface area contributed by atoms with Crippen LogP contribution in [0.5, 0.6) is 0 Å². The number of hydrogen-bond acceptors (Lipinski definition) is 2. The molecular formula is C19H27NS. The van der Waals surface area contributed by atoms with Gasteiger partial charge in [0.05, 0.1) is 0 Å². The minimum absolute atomic E-state index is 0.578. The normalized spacial score (nSPS) is 12.5. The second-order valence-electron chi connectivity index (χ2n) is 5.89. The Hall–Kier alpha value is -1.12. The molecule has 114 valence electrons. The molecule has 1 atom stereocenters. The first-order valence-electron chi connectivity index (χ1n) is 8.01. The number of hydrogen-bond donors (Lipinski definition) is 1. The van der Waals surface area contributed by atoms with Crippen molar-refractivity contribution in [3.05, 3.63) is 57.3 Å². The zero-order valence-corrected chi connectivity index (χ0v) is 14.3. The van der Waals surface area contributed by atoms with Crippen molar-refractivity contribution in [2.24, 2.45) is 0 Å². The van der Waals surface area contributed by atoms with Gasteiger partial charge in [-0.05, 0) is 74.2 Å². The summed E-state index contributed by atoms with van der Waals surface area (Å²) in [4.78, 5) is 1.50. The van der Waals surface area contributed by atoms with Crippen molar-refractivity contribution < 1.29 is 0 Å². The molecule has 0 aliphatic heterocycles. The minimum atomic E-state index is 0.578. The smallest absolute Gasteiger partial charge is 0.0111 e. The van der Waals surface area contributed by atoms with E-state index in [-0.39, 0.29) is 0 Å². The van der Waals surface area contributed by atoms with Crippen molar-refractivity contribution in [2.75, 3.05) is 6.54 Å². The van der Waals surface area contributed by atoms with Gasteiger partial charge in [-0.25, -0.2) is 0 Å². The van der Waals surface area contributed by atoms with Crippen LogP contribution in [0.1, 0.15) is 41.3 Å². The largest absolute Gasteiger partial charge is 0.314 e. The van der Waals surface area contributed by atoms with Gasteiger partial charge in [0, 0.05) is 10.9 Å². The van der Waals surface area contributed by atoms with Crippen molar-refractivity contribution in [2.45, 2.75) is 52.5 Å². The standard InChI is InChI=1S/C19H27NS/c1-4-11-20-18(9-10-19-6-5-12-21-19)14-17-8-7-15(2)16(3)13-17/h5-8,12-13,18,20H,4,9-11,14H2,1-3H3. The van der Waals surface area contributed by atoms with Crippen LogP contribution in [-0.2, 0) is 12.8 Å². The molecule has 2 rings (SSSR count). The third kappa shape index (κ3) is 5.29. The van der Waals surface area contributed by atoms with Gasteiger partial charge in [0.15, 0.2) is 0 Å². The van der Waals surface area contributed by atoms with E-state index in [1.54, 1.807) is 0 Å². The highest BCUT2D eigenvalue weighted by atomic mass is 32.1. The van der Waals surface area contributed by atoms with Crippen LogP contribution in [0.4, 0.5) is 0 Å². The summed E-state index contributed by atoms with van der Waals surface area (Å²) in [5.74, 6) is 0. The fraction of sp³-hybridized carbons (Fsp3) is 0.474. The lowest BCUT2D eigenvalue weighted by molar-refractivity contribution is 0.479. The molecule has 0 saturated carbocycles. The van der Waals surface area contributed by atoms with E-state index in [1.165, 1.54) is 40.8 Å². The molecule has 0 fully saturated rings. The van der Waals surface area contributed by atoms with E-state index >= 15 is 0 Å². The molecule has 0 radical (unpaired) electrons. The summed E-state index contributed by atoms with van der Waals surface area (Å²) in [6.07, 6.45) is 4.73. The molecule has 0 aliphatic rings. The molecular weight excluding hydrogens is 274 g/mol. The highest BCUT2D eigenvalue weighted by Crippen LogP contribution is 2.16. The van der Waals surface area contributed by atoms with Gasteiger partial charge in [0.25, 0.3) is 0 Å². The van der Waals surface area contributed by atoms with E-state index in [0.717, 1.165) is 13.0 Å². The molecule has 0 aliphatic carbocycles. The Bertz CT molecular complexity index is 531. The van der Waals surface area contributed by atoms with E-state index in [4.69, 9.17) is 0 Å². The van der Waals surface area contributed by atoms with Crippen LogP contribution in [0.2, 0.25) is 0 Å². The average molecular weight is 301 g/mol. The molecule has 1 heterocycles. The van der Waals surface area contributed by atoms with E-state index < -0.39 is 0 Å². The van der Waals surface area contributed by atoms with Crippen LogP contribution in [0.15, 0.2) is 35.7 Å². The van der Waals surface area contributed by atoms with Crippen LogP contribution >= 0.6 is 11.3 Å². The summed E-state index contributed by atoms with van der Waals surface area (Å²) in [6, 6.07) is 11.9. The Kier molecular flexibility index (Phi) is 6.47. The average Bonchev–Trinajstić information content (AvgIpc) is 2.99. The Labute approximate surface area is 133 Å². The van der Waals surface area contributed by atoms with Gasteiger partial charge in [-0.2, -0.15) is 0 Å². The third-order valence-electron chi connectivity index (χ3n) is 4.06. The van der Waals surface area contributed by atoms with Crippen molar-refractivity contribution in [1.29, 1.82) is 0 Å². The topological polar surface area (TPSA) is 12.0 Å². The second kappa shape index (κ2) is 8.35. The first-order valence-corrected chi connectivity index (χ1v) is 8.89. The molecule has 1 N–H and O–H groups in total. The summed E-state index contributed by atoms with van der Waals surface area (Å²) < 4.78 is 0. The Morgan fingerprint density at radius 2 is 2.00 bits per heavy atom. The van der Waals surface area contributed by atoms with E-state index in [0.29, 0.717) is 6.04 Å². The summed E-state index contributed by atoms with van der Waals surface area (Å²) in [5.41, 5.74) is 4.24. The number of nitrogens with one attached hydrogen (secondary N) is 1. The Balaban J connectivity index is 1.95. The molecule has 21 heavy (non-hydrogen) atoms. The van der Waals surface area contributed by atoms with Crippen molar-refractivity contribution >= 4 is 11.3 Å². The molecule has 1 nitrogen and oxygen atoms in total. The van der Waals surface area contributed by atoms with Crippen LogP contribution in [0, 0.1) is 13.8 Å². The predicted octanol–water partition coefficient (Wildman–Crippen LogP) is 4.91. The van der Waals surface area contributed by atoms with Crippen LogP contribution < -0.4 is 5.32 Å². The zero-order valence-electron chi connectivity index (χ0n) is 13.5. The van der Waals surface area contributed by atoms with Crippen molar-refractivity contribution in [3.8, 4) is 0 Å². The first kappa shape index (κ1) is 16.3. The number of thiophene rings is 1. The van der Waals surface area contributed by atoms with Gasteiger partial charge in [-0.15, -0.1) is 11.3 Å². The van der Waals surface area contributed by atoms with E-state index in [2.05, 4.69) is 61.8 Å². The van der Waals surface area contributed by atoms with E-state index in [1.807, 2.05) is 11.3 Å². The number of rotatable bonds is 8. The molecule has 1 aromatic heterocycles. The first-order chi connectivity index (χ1) is 10.2. The maximum Gasteiger partial charge on any atom is 0.0111 e. The predicted molar refractivity (Wildman–Crippen MR) is 94.3 cm³/mol. The monoisotopic (exact) mass is 301 g/mol. The highest BCUT2D eigenvalue weighted by molar-refractivity contribution is 7.09. The maximum atomic E-state index is 3.72. The highest BCUT2D eigenvalue weighted by Gasteiger charge is 2.10. The van der Waals surface area contributed by atoms with Gasteiger partial charge in [0.2, 0.25) is 0 Å². The molecule has 0 amide bonds. The molecule has 1 aromatic carbocycles. The number of benzene rings is 1. The zero-order chi connectivity index (χ0) is 15.1. The molecule has 1 unspecified atom stereocenters. The molecule has 0 saturated heterocycles. The van der Waals surface area contributed by atoms with Crippen molar-refractivity contribution in [3.63, 3.8) is 0 Å². The molecule has 2 heteroatoms. The van der Waals surface area contributed by atoms with Gasteiger partial charge in [-0.3, -0.25) is 0 Å². The fourth-order valence-electron chi connectivity index (χ4n) is 2.61. The lowest BCUT2D eigenvalue weighted by Crippen LogP contribution is -2.32. The Morgan fingerprint density at radius 1 is 1.14 bits per heavy atom. The van der Waals surface area contributed by atoms with Crippen LogP contribution in [0.25, 0.3) is 0 Å². The summed E-state index contributed by atoms with van der Waals surface area (Å²) in [6.45, 7) is 7.74. The minimum Gasteiger partial charge on any atom is -0.314 e. The van der Waals surface area contributed by atoms with Gasteiger partial charge in [0.1, 0.15) is 0 Å². The molecule has 0 bridgehead atoms. The SMILES string of the molecule is CCCNC(CCc1cccs1)Cc1ccc(C)c(C)c1. The van der Waals surface area contributed by atoms with Crippen LogP contribution in [-0.4, -0.2) is 12.6 Å². The fourth-order valence-corrected chi connectivity index (χ4v) is 3.34. The van der Waals surface area contributed by atoms with Gasteiger partial charge < -0.3 is 5.32 Å². The van der Waals surface area contributed by atoms with Crippen LogP contribution in [0.3, 0.4) is 0 Å². The van der Waals surface area contributed by atoms with E-state index in [9.17, 15) is 0 Å². The van der Waals surface area contributed by atoms with Gasteiger partial charge >= 0.3 is 0 Å². The quantitative estimate of drug-likeness (QED) is 0.730. The number of aryl methyl sites for hydroxylation is 3. The maximum absolute atomic E-state index is 3.72. The second-order valence-corrected chi connectivity index (χ2v) is 6.92. The summed E-state index contributed by atoms with van der Waals surface area (Å²) in [7, 11) is 0. The molecule has 0 spiro atoms. The van der Waals surface area contributed by atoms with Crippen molar-refractivity contribution in [1.82, 2.24) is 5.32 Å². The third-order valence-corrected chi connectivity index (χ3v) is 4.99. The lowest BCUT2D eigenvalue weighted by Gasteiger charge is -2.19. The summed E-state index contributed by atoms with van der Waals surface area (Å²) in [5, 5.41) is 5.89. The summed E-state index contributed by atoms with van der Waals surface area (Å²) >= 11 is 1.87.